The number of hydrogen-bond donors (Lipinski definition) is 0. The van der Waals surface area contributed by atoms with Crippen LogP contribution < -0.4 is 4.90 Å². The zero-order valence-corrected chi connectivity index (χ0v) is 21.1. The number of nitrogens with zero attached hydrogens (tertiary/aromatic N) is 7. The van der Waals surface area contributed by atoms with Gasteiger partial charge in [0.25, 0.3) is 0 Å². The lowest BCUT2D eigenvalue weighted by molar-refractivity contribution is 0.120. The van der Waals surface area contributed by atoms with E-state index < -0.39 is 0 Å². The Hall–Kier alpha value is -2.40. The van der Waals surface area contributed by atoms with Crippen LogP contribution in [0.15, 0.2) is 24.4 Å². The molecule has 0 bridgehead atoms. The number of anilines is 1. The Kier molecular flexibility index (Phi) is 6.65. The first-order valence-corrected chi connectivity index (χ1v) is 12.8. The van der Waals surface area contributed by atoms with Crippen LogP contribution in [0.2, 0.25) is 10.0 Å². The van der Waals surface area contributed by atoms with Crippen LogP contribution in [0.25, 0.3) is 16.0 Å². The Morgan fingerprint density at radius 1 is 1.21 bits per heavy atom. The maximum Gasteiger partial charge on any atom is 0.323 e. The van der Waals surface area contributed by atoms with Crippen LogP contribution in [0.1, 0.15) is 44.7 Å². The third-order valence-electron chi connectivity index (χ3n) is 7.24. The van der Waals surface area contributed by atoms with Gasteiger partial charge in [-0.1, -0.05) is 42.8 Å². The first-order chi connectivity index (χ1) is 16.5. The average molecular weight is 498 g/mol. The minimum absolute atomic E-state index is 0.219. The Bertz CT molecular complexity index is 1230. The summed E-state index contributed by atoms with van der Waals surface area (Å²) in [6, 6.07) is 5.21. The zero-order chi connectivity index (χ0) is 23.8. The van der Waals surface area contributed by atoms with E-state index in [0.29, 0.717) is 27.1 Å². The number of halogens is 2. The molecule has 0 spiro atoms. The molecule has 1 aromatic carbocycles. The fraction of sp³-hybridized carbons (Fsp3) is 0.520. The molecule has 2 fully saturated rings. The first-order valence-electron chi connectivity index (χ1n) is 12.0. The molecule has 0 saturated carbocycles. The van der Waals surface area contributed by atoms with Crippen molar-refractivity contribution in [2.75, 3.05) is 37.6 Å². The summed E-state index contributed by atoms with van der Waals surface area (Å²) in [6.45, 7) is 17.5. The Morgan fingerprint density at radius 2 is 2.03 bits per heavy atom. The molecule has 5 rings (SSSR count). The summed E-state index contributed by atoms with van der Waals surface area (Å²) in [5.74, 6) is 2.56. The van der Waals surface area contributed by atoms with Gasteiger partial charge in [-0.2, -0.15) is 4.68 Å². The molecule has 178 valence electrons. The molecule has 0 aliphatic carbocycles. The predicted molar refractivity (Wildman–Crippen MR) is 137 cm³/mol. The lowest BCUT2D eigenvalue weighted by Gasteiger charge is -2.47. The van der Waals surface area contributed by atoms with Gasteiger partial charge in [0.2, 0.25) is 0 Å². The summed E-state index contributed by atoms with van der Waals surface area (Å²) in [6.07, 6.45) is 5.63. The molecule has 4 heterocycles. The van der Waals surface area contributed by atoms with Crippen molar-refractivity contribution in [3.05, 3.63) is 51.4 Å². The summed E-state index contributed by atoms with van der Waals surface area (Å²) >= 11 is 12.5. The molecule has 2 aliphatic rings. The van der Waals surface area contributed by atoms with Crippen LogP contribution in [0.3, 0.4) is 0 Å². The second-order valence-corrected chi connectivity index (χ2v) is 10.3. The third-order valence-corrected chi connectivity index (χ3v) is 7.80. The standard InChI is InChI=1S/C25H29Cl2N7/c1-4-9-32-10-5-6-17(13-32)18-14-33(15-18)22-12-29-23-24(28-3)31-34(25(23)30-22)16(2)20-8-7-19(26)11-21(20)27/h7-8,11-12,16-18H,4-6,9-10,13-15H2,1-2H3/t16-,17+/m1/s1. The molecule has 0 radical (unpaired) electrons. The molecular weight excluding hydrogens is 469 g/mol. The molecule has 7 nitrogen and oxygen atoms in total. The van der Waals surface area contributed by atoms with Crippen LogP contribution in [0, 0.1) is 18.4 Å². The molecule has 9 heteroatoms. The fourth-order valence-electron chi connectivity index (χ4n) is 5.35. The normalized spacial score (nSPS) is 20.3. The summed E-state index contributed by atoms with van der Waals surface area (Å²) in [4.78, 5) is 18.0. The minimum Gasteiger partial charge on any atom is -0.357 e. The SMILES string of the molecule is [C-]#[N+]c1nn([C@H](C)c2ccc(Cl)cc2Cl)c2nc(N3CC([C@H]4CCCN(CCC)C4)C3)cnc12. The van der Waals surface area contributed by atoms with E-state index in [-0.39, 0.29) is 11.9 Å². The second-order valence-electron chi connectivity index (χ2n) is 9.49. The van der Waals surface area contributed by atoms with Gasteiger partial charge >= 0.3 is 5.82 Å². The zero-order valence-electron chi connectivity index (χ0n) is 19.6. The van der Waals surface area contributed by atoms with Crippen molar-refractivity contribution < 1.29 is 0 Å². The van der Waals surface area contributed by atoms with Crippen molar-refractivity contribution in [1.82, 2.24) is 24.6 Å². The topological polar surface area (TPSA) is 54.4 Å². The van der Waals surface area contributed by atoms with Gasteiger partial charge in [0.15, 0.2) is 5.65 Å². The van der Waals surface area contributed by atoms with Gasteiger partial charge in [0.05, 0.1) is 12.2 Å². The number of aromatic nitrogens is 4. The van der Waals surface area contributed by atoms with Crippen LogP contribution in [-0.4, -0.2) is 57.4 Å². The van der Waals surface area contributed by atoms with Crippen LogP contribution in [0.5, 0.6) is 0 Å². The summed E-state index contributed by atoms with van der Waals surface area (Å²) < 4.78 is 1.76. The molecule has 2 saturated heterocycles. The van der Waals surface area contributed by atoms with Gasteiger partial charge in [-0.3, -0.25) is 4.98 Å². The van der Waals surface area contributed by atoms with E-state index in [1.165, 1.54) is 38.9 Å². The largest absolute Gasteiger partial charge is 0.357 e. The molecule has 3 aromatic rings. The predicted octanol–water partition coefficient (Wildman–Crippen LogP) is 5.85. The van der Waals surface area contributed by atoms with E-state index >= 15 is 0 Å². The van der Waals surface area contributed by atoms with E-state index in [1.807, 2.05) is 19.1 Å². The lowest BCUT2D eigenvalue weighted by Crippen LogP contribution is -2.53. The monoisotopic (exact) mass is 497 g/mol. The highest BCUT2D eigenvalue weighted by Gasteiger charge is 2.36. The number of likely N-dealkylation sites (tertiary alicyclic amines) is 1. The van der Waals surface area contributed by atoms with Crippen molar-refractivity contribution in [1.29, 1.82) is 0 Å². The summed E-state index contributed by atoms with van der Waals surface area (Å²) in [5, 5.41) is 5.67. The summed E-state index contributed by atoms with van der Waals surface area (Å²) in [5.41, 5.74) is 2.00. The minimum atomic E-state index is -0.219. The quantitative estimate of drug-likeness (QED) is 0.399. The van der Waals surface area contributed by atoms with Crippen molar-refractivity contribution in [2.24, 2.45) is 11.8 Å². The highest BCUT2D eigenvalue weighted by Crippen LogP contribution is 2.36. The molecule has 2 atom stereocenters. The summed E-state index contributed by atoms with van der Waals surface area (Å²) in [7, 11) is 0. The Labute approximate surface area is 210 Å². The number of benzene rings is 1. The fourth-order valence-corrected chi connectivity index (χ4v) is 5.91. The molecule has 0 amide bonds. The molecule has 34 heavy (non-hydrogen) atoms. The average Bonchev–Trinajstić information content (AvgIpc) is 3.16. The van der Waals surface area contributed by atoms with E-state index in [2.05, 4.69) is 31.7 Å². The van der Waals surface area contributed by atoms with Gasteiger partial charge in [0, 0.05) is 29.7 Å². The van der Waals surface area contributed by atoms with E-state index in [4.69, 9.17) is 34.8 Å². The van der Waals surface area contributed by atoms with E-state index in [9.17, 15) is 0 Å². The first kappa shape index (κ1) is 23.3. The van der Waals surface area contributed by atoms with Gasteiger partial charge < -0.3 is 14.6 Å². The molecule has 2 aliphatic heterocycles. The van der Waals surface area contributed by atoms with Gasteiger partial charge in [-0.25, -0.2) is 4.98 Å². The van der Waals surface area contributed by atoms with Crippen molar-refractivity contribution in [2.45, 2.75) is 39.2 Å². The van der Waals surface area contributed by atoms with Crippen LogP contribution in [-0.2, 0) is 0 Å². The Balaban J connectivity index is 1.38. The van der Waals surface area contributed by atoms with Crippen molar-refractivity contribution >= 4 is 46.0 Å². The number of hydrogen-bond acceptors (Lipinski definition) is 5. The highest BCUT2D eigenvalue weighted by molar-refractivity contribution is 6.35. The van der Waals surface area contributed by atoms with Crippen LogP contribution in [0.4, 0.5) is 11.6 Å². The second kappa shape index (κ2) is 9.69. The van der Waals surface area contributed by atoms with Gasteiger partial charge in [0.1, 0.15) is 11.3 Å². The molecule has 2 aromatic heterocycles. The lowest BCUT2D eigenvalue weighted by atomic mass is 9.80. The maximum atomic E-state index is 7.55. The Morgan fingerprint density at radius 3 is 2.76 bits per heavy atom. The number of rotatable bonds is 6. The third kappa shape index (κ3) is 4.35. The van der Waals surface area contributed by atoms with Crippen LogP contribution >= 0.6 is 23.2 Å². The molecule has 0 N–H and O–H groups in total. The number of piperidine rings is 1. The molecule has 0 unspecified atom stereocenters. The van der Waals surface area contributed by atoms with Gasteiger partial charge in [-0.15, -0.1) is 0 Å². The number of fused-ring (bicyclic) bond motifs is 1. The van der Waals surface area contributed by atoms with Gasteiger partial charge in [-0.05, 0) is 73.9 Å². The maximum absolute atomic E-state index is 7.55. The highest BCUT2D eigenvalue weighted by atomic mass is 35.5. The van der Waals surface area contributed by atoms with Crippen molar-refractivity contribution in [3.8, 4) is 0 Å². The smallest absolute Gasteiger partial charge is 0.323 e. The van der Waals surface area contributed by atoms with E-state index in [0.717, 1.165) is 30.4 Å². The van der Waals surface area contributed by atoms with Crippen molar-refractivity contribution in [3.63, 3.8) is 0 Å². The molecular formula is C25H29Cl2N7. The van der Waals surface area contributed by atoms with E-state index in [1.54, 1.807) is 16.9 Å².